The topological polar surface area (TPSA) is 89.9 Å². The number of carbonyl (C=O) groups is 2. The summed E-state index contributed by atoms with van der Waals surface area (Å²) in [6.07, 6.45) is 0. The summed E-state index contributed by atoms with van der Waals surface area (Å²) < 4.78 is 18.9. The standard InChI is InChI=1S/C5H9O6P/c1-3-11-5(7)12(8,9)4(6)10-2/h3H2,1-2H3,(H,8,9). The van der Waals surface area contributed by atoms with Gasteiger partial charge in [-0.2, -0.15) is 0 Å². The first-order chi connectivity index (χ1) is 5.46. The third kappa shape index (κ3) is 2.32. The first-order valence-corrected chi connectivity index (χ1v) is 4.71. The van der Waals surface area contributed by atoms with E-state index in [0.29, 0.717) is 0 Å². The Kier molecular flexibility index (Phi) is 3.92. The number of carbonyl (C=O) groups excluding carboxylic acids is 2. The maximum absolute atomic E-state index is 10.8. The average molecular weight is 196 g/mol. The van der Waals surface area contributed by atoms with Crippen molar-refractivity contribution in [1.29, 1.82) is 0 Å². The number of methoxy groups -OCH3 is 1. The molecule has 0 fully saturated rings. The van der Waals surface area contributed by atoms with Crippen LogP contribution in [0.4, 0.5) is 9.59 Å². The van der Waals surface area contributed by atoms with E-state index < -0.39 is 18.8 Å². The molecule has 1 unspecified atom stereocenters. The van der Waals surface area contributed by atoms with Crippen LogP contribution in [-0.2, 0) is 14.0 Å². The molecule has 0 amide bonds. The van der Waals surface area contributed by atoms with Gasteiger partial charge in [0.2, 0.25) is 0 Å². The molecule has 0 aliphatic carbocycles. The zero-order valence-electron chi connectivity index (χ0n) is 6.64. The van der Waals surface area contributed by atoms with Gasteiger partial charge in [0, 0.05) is 0 Å². The van der Waals surface area contributed by atoms with Crippen LogP contribution in [0.3, 0.4) is 0 Å². The van der Waals surface area contributed by atoms with Gasteiger partial charge >= 0.3 is 18.8 Å². The zero-order valence-corrected chi connectivity index (χ0v) is 7.54. The highest BCUT2D eigenvalue weighted by Gasteiger charge is 2.41. The number of rotatable bonds is 3. The fraction of sp³-hybridized carbons (Fsp3) is 0.600. The average Bonchev–Trinajstić information content (AvgIpc) is 2.03. The van der Waals surface area contributed by atoms with Crippen LogP contribution in [0.15, 0.2) is 0 Å². The normalized spacial score (nSPS) is 14.6. The van der Waals surface area contributed by atoms with E-state index in [2.05, 4.69) is 9.47 Å². The van der Waals surface area contributed by atoms with Crippen molar-refractivity contribution in [2.24, 2.45) is 0 Å². The highest BCUT2D eigenvalue weighted by molar-refractivity contribution is 7.88. The lowest BCUT2D eigenvalue weighted by atomic mass is 10.9. The van der Waals surface area contributed by atoms with Gasteiger partial charge in [0.15, 0.2) is 0 Å². The molecule has 6 nitrogen and oxygen atoms in total. The fourth-order valence-corrected chi connectivity index (χ4v) is 1.11. The smallest absolute Gasteiger partial charge is 0.410 e. The number of hydrogen-bond donors (Lipinski definition) is 1. The van der Waals surface area contributed by atoms with Gasteiger partial charge in [-0.3, -0.25) is 4.57 Å². The number of hydrogen-bond acceptors (Lipinski definition) is 5. The van der Waals surface area contributed by atoms with E-state index >= 15 is 0 Å². The number of ether oxygens (including phenoxy) is 2. The van der Waals surface area contributed by atoms with Crippen LogP contribution >= 0.6 is 7.37 Å². The second kappa shape index (κ2) is 4.23. The molecular formula is C5H9O6P. The van der Waals surface area contributed by atoms with Gasteiger partial charge in [-0.05, 0) is 6.92 Å². The maximum Gasteiger partial charge on any atom is 0.410 e. The zero-order chi connectivity index (χ0) is 9.78. The molecule has 0 spiro atoms. The molecule has 0 heterocycles. The molecule has 0 aromatic rings. The van der Waals surface area contributed by atoms with Crippen LogP contribution in [-0.4, -0.2) is 30.0 Å². The van der Waals surface area contributed by atoms with Crippen LogP contribution < -0.4 is 0 Å². The lowest BCUT2D eigenvalue weighted by molar-refractivity contribution is 0.170. The Morgan fingerprint density at radius 3 is 2.25 bits per heavy atom. The minimum Gasteiger partial charge on any atom is -0.461 e. The molecule has 0 aliphatic rings. The van der Waals surface area contributed by atoms with Gasteiger partial charge in [-0.25, -0.2) is 9.59 Å². The van der Waals surface area contributed by atoms with Crippen molar-refractivity contribution in [3.8, 4) is 0 Å². The predicted octanol–water partition coefficient (Wildman–Crippen LogP) is 1.18. The molecule has 0 saturated carbocycles. The van der Waals surface area contributed by atoms with Gasteiger partial charge in [-0.15, -0.1) is 0 Å². The fourth-order valence-electron chi connectivity index (χ4n) is 0.409. The second-order valence-electron chi connectivity index (χ2n) is 1.74. The Hall–Kier alpha value is -0.870. The van der Waals surface area contributed by atoms with E-state index in [1.165, 1.54) is 6.92 Å². The summed E-state index contributed by atoms with van der Waals surface area (Å²) in [7, 11) is -3.71. The highest BCUT2D eigenvalue weighted by atomic mass is 31.2. The molecule has 1 atom stereocenters. The van der Waals surface area contributed by atoms with E-state index in [1.807, 2.05) is 0 Å². The lowest BCUT2D eigenvalue weighted by Crippen LogP contribution is -2.10. The summed E-state index contributed by atoms with van der Waals surface area (Å²) in [4.78, 5) is 29.9. The SMILES string of the molecule is CCOC(=O)P(=O)(O)C(=O)OC. The Morgan fingerprint density at radius 2 is 1.92 bits per heavy atom. The first kappa shape index (κ1) is 11.1. The van der Waals surface area contributed by atoms with Crippen LogP contribution in [0, 0.1) is 0 Å². The minimum absolute atomic E-state index is 0.0691. The van der Waals surface area contributed by atoms with Crippen molar-refractivity contribution in [2.75, 3.05) is 13.7 Å². The summed E-state index contributed by atoms with van der Waals surface area (Å²) in [6, 6.07) is 0. The van der Waals surface area contributed by atoms with E-state index in [1.54, 1.807) is 0 Å². The molecule has 70 valence electrons. The molecular weight excluding hydrogens is 187 g/mol. The highest BCUT2D eigenvalue weighted by Crippen LogP contribution is 2.44. The Labute approximate surface area is 68.9 Å². The Morgan fingerprint density at radius 1 is 1.42 bits per heavy atom. The molecule has 0 bridgehead atoms. The second-order valence-corrected chi connectivity index (χ2v) is 3.63. The molecule has 0 rings (SSSR count). The third-order valence-corrected chi connectivity index (χ3v) is 2.24. The summed E-state index contributed by atoms with van der Waals surface area (Å²) in [6.45, 7) is 1.38. The molecule has 0 saturated heterocycles. The maximum atomic E-state index is 10.8. The molecule has 0 radical (unpaired) electrons. The van der Waals surface area contributed by atoms with Gasteiger partial charge in [-0.1, -0.05) is 0 Å². The van der Waals surface area contributed by atoms with Gasteiger partial charge in [0.1, 0.15) is 0 Å². The first-order valence-electron chi connectivity index (χ1n) is 3.05. The minimum atomic E-state index is -4.61. The molecule has 1 N–H and O–H groups in total. The van der Waals surface area contributed by atoms with Crippen LogP contribution in [0.1, 0.15) is 6.92 Å². The molecule has 12 heavy (non-hydrogen) atoms. The monoisotopic (exact) mass is 196 g/mol. The van der Waals surface area contributed by atoms with E-state index in [4.69, 9.17) is 4.89 Å². The van der Waals surface area contributed by atoms with E-state index in [-0.39, 0.29) is 6.61 Å². The largest absolute Gasteiger partial charge is 0.461 e. The van der Waals surface area contributed by atoms with Gasteiger partial charge in [0.05, 0.1) is 13.7 Å². The van der Waals surface area contributed by atoms with Crippen molar-refractivity contribution in [2.45, 2.75) is 6.92 Å². The Balaban J connectivity index is 4.50. The van der Waals surface area contributed by atoms with Gasteiger partial charge in [0.25, 0.3) is 0 Å². The van der Waals surface area contributed by atoms with Crippen molar-refractivity contribution < 1.29 is 28.5 Å². The summed E-state index contributed by atoms with van der Waals surface area (Å²) in [5, 5.41) is 0. The lowest BCUT2D eigenvalue weighted by Gasteiger charge is -2.06. The predicted molar refractivity (Wildman–Crippen MR) is 39.3 cm³/mol. The van der Waals surface area contributed by atoms with Crippen LogP contribution in [0.2, 0.25) is 0 Å². The quantitative estimate of drug-likeness (QED) is 0.681. The molecule has 0 aromatic heterocycles. The van der Waals surface area contributed by atoms with Crippen molar-refractivity contribution in [3.63, 3.8) is 0 Å². The Bertz CT molecular complexity index is 234. The van der Waals surface area contributed by atoms with E-state index in [9.17, 15) is 14.2 Å². The van der Waals surface area contributed by atoms with Crippen molar-refractivity contribution in [3.05, 3.63) is 0 Å². The third-order valence-electron chi connectivity index (χ3n) is 0.937. The summed E-state index contributed by atoms with van der Waals surface area (Å²) in [5.41, 5.74) is -2.92. The van der Waals surface area contributed by atoms with E-state index in [0.717, 1.165) is 7.11 Å². The summed E-state index contributed by atoms with van der Waals surface area (Å²) in [5.74, 6) is 0. The molecule has 7 heteroatoms. The molecule has 0 aromatic carbocycles. The van der Waals surface area contributed by atoms with Gasteiger partial charge < -0.3 is 14.4 Å². The molecule has 0 aliphatic heterocycles. The van der Waals surface area contributed by atoms with Crippen molar-refractivity contribution >= 4 is 18.8 Å². The van der Waals surface area contributed by atoms with Crippen molar-refractivity contribution in [1.82, 2.24) is 0 Å². The summed E-state index contributed by atoms with van der Waals surface area (Å²) >= 11 is 0. The van der Waals surface area contributed by atoms with Crippen LogP contribution in [0.5, 0.6) is 0 Å². The van der Waals surface area contributed by atoms with Crippen LogP contribution in [0.25, 0.3) is 0 Å².